The van der Waals surface area contributed by atoms with Gasteiger partial charge in [0, 0.05) is 11.0 Å². The number of sulfonamides is 1. The van der Waals surface area contributed by atoms with Gasteiger partial charge in [-0.05, 0) is 32.0 Å². The number of benzene rings is 1. The summed E-state index contributed by atoms with van der Waals surface area (Å²) in [6, 6.07) is 4.43. The van der Waals surface area contributed by atoms with Crippen molar-refractivity contribution in [2.24, 2.45) is 11.1 Å². The Balaban J connectivity index is 2.97. The summed E-state index contributed by atoms with van der Waals surface area (Å²) >= 11 is 9.08. The molecule has 0 fully saturated rings. The lowest BCUT2D eigenvalue weighted by molar-refractivity contribution is -0.125. The number of nitrogens with one attached hydrogen (secondary N) is 1. The standard InChI is InChI=1S/C11H14BrClN2O3S/c1-11(2,10(14)16)6-15-19(17,18)9-4-3-7(12)5-8(9)13/h3-5,15H,6H2,1-2H3,(H2,14,16). The minimum atomic E-state index is -3.78. The number of primary amides is 1. The lowest BCUT2D eigenvalue weighted by Crippen LogP contribution is -2.42. The molecular formula is C11H14BrClN2O3S. The summed E-state index contributed by atoms with van der Waals surface area (Å²) in [5, 5.41) is 0.0961. The average Bonchev–Trinajstić information content (AvgIpc) is 2.26. The van der Waals surface area contributed by atoms with E-state index in [4.69, 9.17) is 17.3 Å². The Morgan fingerprint density at radius 2 is 2.05 bits per heavy atom. The van der Waals surface area contributed by atoms with Crippen LogP contribution in [-0.4, -0.2) is 20.9 Å². The normalized spacial score (nSPS) is 12.4. The van der Waals surface area contributed by atoms with Crippen LogP contribution in [0.5, 0.6) is 0 Å². The van der Waals surface area contributed by atoms with E-state index >= 15 is 0 Å². The third-order valence-corrected chi connectivity index (χ3v) is 4.93. The highest BCUT2D eigenvalue weighted by atomic mass is 79.9. The van der Waals surface area contributed by atoms with Gasteiger partial charge >= 0.3 is 0 Å². The summed E-state index contributed by atoms with van der Waals surface area (Å²) in [5.41, 5.74) is 4.20. The maximum Gasteiger partial charge on any atom is 0.242 e. The van der Waals surface area contributed by atoms with E-state index in [9.17, 15) is 13.2 Å². The van der Waals surface area contributed by atoms with Crippen molar-refractivity contribution in [3.05, 3.63) is 27.7 Å². The molecule has 0 unspecified atom stereocenters. The first-order valence-electron chi connectivity index (χ1n) is 5.31. The smallest absolute Gasteiger partial charge is 0.242 e. The van der Waals surface area contributed by atoms with E-state index in [-0.39, 0.29) is 16.5 Å². The highest BCUT2D eigenvalue weighted by molar-refractivity contribution is 9.10. The van der Waals surface area contributed by atoms with Gasteiger partial charge in [0.15, 0.2) is 0 Å². The van der Waals surface area contributed by atoms with Crippen LogP contribution < -0.4 is 10.5 Å². The summed E-state index contributed by atoms with van der Waals surface area (Å²) in [5.74, 6) is -0.586. The van der Waals surface area contributed by atoms with Gasteiger partial charge in [-0.2, -0.15) is 0 Å². The zero-order chi connectivity index (χ0) is 14.8. The van der Waals surface area contributed by atoms with E-state index in [1.165, 1.54) is 12.1 Å². The molecule has 1 rings (SSSR count). The quantitative estimate of drug-likeness (QED) is 0.830. The Morgan fingerprint density at radius 3 is 2.53 bits per heavy atom. The SMILES string of the molecule is CC(C)(CNS(=O)(=O)c1ccc(Br)cc1Cl)C(N)=O. The summed E-state index contributed by atoms with van der Waals surface area (Å²) in [7, 11) is -3.78. The number of carbonyl (C=O) groups excluding carboxylic acids is 1. The Hall–Kier alpha value is -0.630. The summed E-state index contributed by atoms with van der Waals surface area (Å²) in [4.78, 5) is 11.1. The zero-order valence-electron chi connectivity index (χ0n) is 10.4. The maximum atomic E-state index is 12.1. The second-order valence-corrected chi connectivity index (χ2v) is 7.71. The topological polar surface area (TPSA) is 89.3 Å². The first-order chi connectivity index (χ1) is 8.56. The second kappa shape index (κ2) is 5.78. The molecule has 106 valence electrons. The molecule has 1 amide bonds. The first-order valence-corrected chi connectivity index (χ1v) is 7.96. The van der Waals surface area contributed by atoms with Crippen molar-refractivity contribution in [2.45, 2.75) is 18.7 Å². The van der Waals surface area contributed by atoms with Gasteiger partial charge in [-0.1, -0.05) is 27.5 Å². The number of halogens is 2. The summed E-state index contributed by atoms with van der Waals surface area (Å²) in [6.45, 7) is 3.01. The number of hydrogen-bond acceptors (Lipinski definition) is 3. The van der Waals surface area contributed by atoms with Gasteiger partial charge in [-0.15, -0.1) is 0 Å². The average molecular weight is 370 g/mol. The molecule has 0 aromatic heterocycles. The maximum absolute atomic E-state index is 12.1. The van der Waals surface area contributed by atoms with E-state index < -0.39 is 21.3 Å². The zero-order valence-corrected chi connectivity index (χ0v) is 13.6. The number of hydrogen-bond donors (Lipinski definition) is 2. The third-order valence-electron chi connectivity index (χ3n) is 2.55. The molecule has 0 aliphatic heterocycles. The predicted molar refractivity (Wildman–Crippen MR) is 77.3 cm³/mol. The van der Waals surface area contributed by atoms with E-state index in [0.717, 1.165) is 0 Å². The van der Waals surface area contributed by atoms with E-state index in [1.807, 2.05) is 0 Å². The van der Waals surface area contributed by atoms with E-state index in [2.05, 4.69) is 20.7 Å². The molecule has 0 saturated heterocycles. The van der Waals surface area contributed by atoms with Crippen LogP contribution in [0.2, 0.25) is 5.02 Å². The van der Waals surface area contributed by atoms with Gasteiger partial charge in [-0.3, -0.25) is 4.79 Å². The Kier molecular flexibility index (Phi) is 5.00. The molecule has 0 bridgehead atoms. The van der Waals surface area contributed by atoms with Crippen molar-refractivity contribution in [3.8, 4) is 0 Å². The molecule has 0 saturated carbocycles. The van der Waals surface area contributed by atoms with Crippen molar-refractivity contribution in [3.63, 3.8) is 0 Å². The molecule has 0 heterocycles. The molecule has 1 aromatic rings. The van der Waals surface area contributed by atoms with Crippen LogP contribution in [0.1, 0.15) is 13.8 Å². The van der Waals surface area contributed by atoms with Crippen LogP contribution in [0, 0.1) is 5.41 Å². The minimum Gasteiger partial charge on any atom is -0.369 e. The molecule has 0 spiro atoms. The molecule has 0 aliphatic rings. The number of carbonyl (C=O) groups is 1. The van der Waals surface area contributed by atoms with Gasteiger partial charge < -0.3 is 5.73 Å². The largest absolute Gasteiger partial charge is 0.369 e. The minimum absolute atomic E-state index is 0.0439. The van der Waals surface area contributed by atoms with E-state index in [0.29, 0.717) is 4.47 Å². The molecule has 1 aromatic carbocycles. The van der Waals surface area contributed by atoms with Crippen molar-refractivity contribution >= 4 is 43.5 Å². The van der Waals surface area contributed by atoms with Crippen LogP contribution in [-0.2, 0) is 14.8 Å². The van der Waals surface area contributed by atoms with Crippen molar-refractivity contribution in [1.82, 2.24) is 4.72 Å². The molecule has 0 atom stereocenters. The second-order valence-electron chi connectivity index (χ2n) is 4.65. The number of nitrogens with two attached hydrogens (primary N) is 1. The van der Waals surface area contributed by atoms with Crippen molar-refractivity contribution in [1.29, 1.82) is 0 Å². The van der Waals surface area contributed by atoms with Crippen LogP contribution in [0.4, 0.5) is 0 Å². The molecule has 19 heavy (non-hydrogen) atoms. The van der Waals surface area contributed by atoms with E-state index in [1.54, 1.807) is 19.9 Å². The predicted octanol–water partition coefficient (Wildman–Crippen LogP) is 1.89. The molecule has 0 radical (unpaired) electrons. The fourth-order valence-corrected chi connectivity index (χ4v) is 3.38. The molecular weight excluding hydrogens is 356 g/mol. The van der Waals surface area contributed by atoms with Gasteiger partial charge in [0.05, 0.1) is 10.4 Å². The van der Waals surface area contributed by atoms with Gasteiger partial charge in [0.1, 0.15) is 4.90 Å². The highest BCUT2D eigenvalue weighted by Crippen LogP contribution is 2.25. The lowest BCUT2D eigenvalue weighted by atomic mass is 9.93. The highest BCUT2D eigenvalue weighted by Gasteiger charge is 2.28. The van der Waals surface area contributed by atoms with Crippen LogP contribution in [0.25, 0.3) is 0 Å². The number of amides is 1. The fraction of sp³-hybridized carbons (Fsp3) is 0.364. The van der Waals surface area contributed by atoms with Gasteiger partial charge in [-0.25, -0.2) is 13.1 Å². The molecule has 3 N–H and O–H groups in total. The van der Waals surface area contributed by atoms with Crippen LogP contribution >= 0.6 is 27.5 Å². The van der Waals surface area contributed by atoms with Gasteiger partial charge in [0.2, 0.25) is 15.9 Å². The molecule has 5 nitrogen and oxygen atoms in total. The summed E-state index contributed by atoms with van der Waals surface area (Å²) in [6.07, 6.45) is 0. The van der Waals surface area contributed by atoms with Crippen molar-refractivity contribution < 1.29 is 13.2 Å². The first kappa shape index (κ1) is 16.4. The Labute approximate surface area is 125 Å². The van der Waals surface area contributed by atoms with Crippen molar-refractivity contribution in [2.75, 3.05) is 6.54 Å². The van der Waals surface area contributed by atoms with Crippen LogP contribution in [0.15, 0.2) is 27.6 Å². The molecule has 8 heteroatoms. The third kappa shape index (κ3) is 4.17. The Morgan fingerprint density at radius 1 is 1.47 bits per heavy atom. The fourth-order valence-electron chi connectivity index (χ4n) is 1.13. The lowest BCUT2D eigenvalue weighted by Gasteiger charge is -2.20. The monoisotopic (exact) mass is 368 g/mol. The number of rotatable bonds is 5. The molecule has 0 aliphatic carbocycles. The summed E-state index contributed by atoms with van der Waals surface area (Å²) < 4.78 is 27.1. The van der Waals surface area contributed by atoms with Gasteiger partial charge in [0.25, 0.3) is 0 Å². The Bertz CT molecular complexity index is 602. The van der Waals surface area contributed by atoms with Crippen LogP contribution in [0.3, 0.4) is 0 Å².